The van der Waals surface area contributed by atoms with E-state index in [1.165, 1.54) is 0 Å². The number of hydrogen-bond donors (Lipinski definition) is 1. The quantitative estimate of drug-likeness (QED) is 0.920. The number of nitrogens with two attached hydrogens (primary N) is 1. The Kier molecular flexibility index (Phi) is 4.18. The first-order valence-corrected chi connectivity index (χ1v) is 6.16. The van der Waals surface area contributed by atoms with Crippen LogP contribution in [0.5, 0.6) is 0 Å². The van der Waals surface area contributed by atoms with Gasteiger partial charge in [0.25, 0.3) is 0 Å². The van der Waals surface area contributed by atoms with Crippen LogP contribution in [0.25, 0.3) is 0 Å². The molecule has 3 nitrogen and oxygen atoms in total. The lowest BCUT2D eigenvalue weighted by Crippen LogP contribution is -2.19. The fraction of sp³-hybridized carbons (Fsp3) is 0.214. The van der Waals surface area contributed by atoms with Crippen molar-refractivity contribution in [2.45, 2.75) is 13.1 Å². The Bertz CT molecular complexity index is 480. The smallest absolute Gasteiger partial charge is 0.0772 e. The second-order valence-electron chi connectivity index (χ2n) is 4.30. The molecular formula is C14H16ClN3. The number of nitrogens with zero attached hydrogens (tertiary/aromatic N) is 2. The monoisotopic (exact) mass is 261 g/mol. The normalized spacial score (nSPS) is 10.8. The van der Waals surface area contributed by atoms with Crippen LogP contribution < -0.4 is 5.73 Å². The summed E-state index contributed by atoms with van der Waals surface area (Å²) in [5, 5.41) is 0.790. The largest absolute Gasteiger partial charge is 0.397 e. The zero-order valence-corrected chi connectivity index (χ0v) is 11.1. The van der Waals surface area contributed by atoms with Crippen molar-refractivity contribution in [3.63, 3.8) is 0 Å². The van der Waals surface area contributed by atoms with Crippen LogP contribution in [0.3, 0.4) is 0 Å². The maximum atomic E-state index is 6.14. The van der Waals surface area contributed by atoms with Crippen molar-refractivity contribution >= 4 is 17.3 Å². The van der Waals surface area contributed by atoms with Gasteiger partial charge in [-0.05, 0) is 30.8 Å². The number of aromatic nitrogens is 1. The highest BCUT2D eigenvalue weighted by Crippen LogP contribution is 2.18. The molecule has 2 aromatic rings. The van der Waals surface area contributed by atoms with Crippen molar-refractivity contribution in [2.24, 2.45) is 0 Å². The molecule has 1 heterocycles. The molecule has 0 unspecified atom stereocenters. The first kappa shape index (κ1) is 12.9. The molecule has 0 atom stereocenters. The SMILES string of the molecule is CN(Cc1ccccc1Cl)Cc1ncccc1N. The molecule has 0 amide bonds. The molecule has 1 aromatic heterocycles. The van der Waals surface area contributed by atoms with E-state index in [1.54, 1.807) is 6.20 Å². The van der Waals surface area contributed by atoms with Crippen LogP contribution in [0.1, 0.15) is 11.3 Å². The predicted molar refractivity (Wildman–Crippen MR) is 75.3 cm³/mol. The van der Waals surface area contributed by atoms with E-state index in [0.717, 1.165) is 28.5 Å². The molecule has 1 aromatic carbocycles. The highest BCUT2D eigenvalue weighted by molar-refractivity contribution is 6.31. The first-order valence-electron chi connectivity index (χ1n) is 5.78. The van der Waals surface area contributed by atoms with Gasteiger partial charge in [0, 0.05) is 24.3 Å². The molecule has 0 saturated heterocycles. The van der Waals surface area contributed by atoms with E-state index in [0.29, 0.717) is 6.54 Å². The molecule has 0 aliphatic rings. The van der Waals surface area contributed by atoms with E-state index >= 15 is 0 Å². The van der Waals surface area contributed by atoms with Crippen LogP contribution in [0.15, 0.2) is 42.6 Å². The van der Waals surface area contributed by atoms with Crippen molar-refractivity contribution in [1.29, 1.82) is 0 Å². The van der Waals surface area contributed by atoms with Crippen LogP contribution in [0.2, 0.25) is 5.02 Å². The first-order chi connectivity index (χ1) is 8.66. The molecule has 0 fully saturated rings. The van der Waals surface area contributed by atoms with Crippen molar-refractivity contribution in [3.8, 4) is 0 Å². The fourth-order valence-electron chi connectivity index (χ4n) is 1.81. The van der Waals surface area contributed by atoms with Crippen molar-refractivity contribution < 1.29 is 0 Å². The summed E-state index contributed by atoms with van der Waals surface area (Å²) in [6.45, 7) is 1.48. The third-order valence-electron chi connectivity index (χ3n) is 2.74. The topological polar surface area (TPSA) is 42.2 Å². The summed E-state index contributed by atoms with van der Waals surface area (Å²) in [4.78, 5) is 6.42. The number of pyridine rings is 1. The third-order valence-corrected chi connectivity index (χ3v) is 3.11. The highest BCUT2D eigenvalue weighted by atomic mass is 35.5. The Morgan fingerprint density at radius 3 is 2.67 bits per heavy atom. The van der Waals surface area contributed by atoms with Crippen molar-refractivity contribution in [2.75, 3.05) is 12.8 Å². The maximum Gasteiger partial charge on any atom is 0.0772 e. The van der Waals surface area contributed by atoms with E-state index in [9.17, 15) is 0 Å². The Morgan fingerprint density at radius 2 is 1.94 bits per heavy atom. The van der Waals surface area contributed by atoms with Crippen molar-refractivity contribution in [3.05, 3.63) is 58.9 Å². The average molecular weight is 262 g/mol. The molecule has 0 bridgehead atoms. The number of anilines is 1. The Hall–Kier alpha value is -1.58. The summed E-state index contributed by atoms with van der Waals surface area (Å²) in [6.07, 6.45) is 1.76. The van der Waals surface area contributed by atoms with Crippen LogP contribution in [0.4, 0.5) is 5.69 Å². The van der Waals surface area contributed by atoms with Gasteiger partial charge in [-0.3, -0.25) is 9.88 Å². The lowest BCUT2D eigenvalue weighted by Gasteiger charge is -2.17. The van der Waals surface area contributed by atoms with Gasteiger partial charge in [-0.25, -0.2) is 0 Å². The van der Waals surface area contributed by atoms with Gasteiger partial charge >= 0.3 is 0 Å². The molecule has 2 N–H and O–H groups in total. The van der Waals surface area contributed by atoms with E-state index in [2.05, 4.69) is 9.88 Å². The van der Waals surface area contributed by atoms with Crippen LogP contribution >= 0.6 is 11.6 Å². The van der Waals surface area contributed by atoms with Crippen LogP contribution in [-0.2, 0) is 13.1 Å². The summed E-state index contributed by atoms with van der Waals surface area (Å²) in [6, 6.07) is 11.6. The summed E-state index contributed by atoms with van der Waals surface area (Å²) in [5.41, 5.74) is 8.61. The molecule has 4 heteroatoms. The number of hydrogen-bond acceptors (Lipinski definition) is 3. The molecule has 0 saturated carbocycles. The minimum atomic E-state index is 0.706. The minimum absolute atomic E-state index is 0.706. The molecule has 94 valence electrons. The second-order valence-corrected chi connectivity index (χ2v) is 4.71. The maximum absolute atomic E-state index is 6.14. The Labute approximate surface area is 112 Å². The Balaban J connectivity index is 2.04. The molecule has 0 aliphatic heterocycles. The summed E-state index contributed by atoms with van der Waals surface area (Å²) in [5.74, 6) is 0. The van der Waals surface area contributed by atoms with Gasteiger partial charge in [-0.2, -0.15) is 0 Å². The van der Waals surface area contributed by atoms with Gasteiger partial charge in [0.05, 0.1) is 11.4 Å². The van der Waals surface area contributed by atoms with E-state index in [4.69, 9.17) is 17.3 Å². The van der Waals surface area contributed by atoms with Gasteiger partial charge in [0.1, 0.15) is 0 Å². The van der Waals surface area contributed by atoms with Crippen LogP contribution in [0, 0.1) is 0 Å². The number of rotatable bonds is 4. The average Bonchev–Trinajstić information content (AvgIpc) is 2.35. The zero-order chi connectivity index (χ0) is 13.0. The molecule has 0 spiro atoms. The Morgan fingerprint density at radius 1 is 1.17 bits per heavy atom. The number of benzene rings is 1. The van der Waals surface area contributed by atoms with E-state index in [-0.39, 0.29) is 0 Å². The van der Waals surface area contributed by atoms with E-state index in [1.807, 2.05) is 43.4 Å². The highest BCUT2D eigenvalue weighted by Gasteiger charge is 2.07. The summed E-state index contributed by atoms with van der Waals surface area (Å²) < 4.78 is 0. The van der Waals surface area contributed by atoms with Gasteiger partial charge in [-0.1, -0.05) is 29.8 Å². The van der Waals surface area contributed by atoms with Gasteiger partial charge in [-0.15, -0.1) is 0 Å². The molecule has 18 heavy (non-hydrogen) atoms. The summed E-state index contributed by atoms with van der Waals surface area (Å²) >= 11 is 6.14. The molecule has 2 rings (SSSR count). The van der Waals surface area contributed by atoms with Gasteiger partial charge in [0.2, 0.25) is 0 Å². The zero-order valence-electron chi connectivity index (χ0n) is 10.3. The second kappa shape index (κ2) is 5.85. The fourth-order valence-corrected chi connectivity index (χ4v) is 2.01. The van der Waals surface area contributed by atoms with Gasteiger partial charge < -0.3 is 5.73 Å². The molecule has 0 radical (unpaired) electrons. The number of halogens is 1. The lowest BCUT2D eigenvalue weighted by atomic mass is 10.2. The van der Waals surface area contributed by atoms with Gasteiger partial charge in [0.15, 0.2) is 0 Å². The van der Waals surface area contributed by atoms with Crippen molar-refractivity contribution in [1.82, 2.24) is 9.88 Å². The third kappa shape index (κ3) is 3.22. The molecular weight excluding hydrogens is 246 g/mol. The van der Waals surface area contributed by atoms with E-state index < -0.39 is 0 Å². The number of nitrogen functional groups attached to an aromatic ring is 1. The molecule has 0 aliphatic carbocycles. The minimum Gasteiger partial charge on any atom is -0.397 e. The van der Waals surface area contributed by atoms with Crippen LogP contribution in [-0.4, -0.2) is 16.9 Å². The predicted octanol–water partition coefficient (Wildman–Crippen LogP) is 2.95. The summed E-state index contributed by atoms with van der Waals surface area (Å²) in [7, 11) is 2.03. The lowest BCUT2D eigenvalue weighted by molar-refractivity contribution is 0.316. The standard InChI is InChI=1S/C14H16ClN3/c1-18(9-11-5-2-3-6-12(11)15)10-14-13(16)7-4-8-17-14/h2-8H,9-10,16H2,1H3.